The van der Waals surface area contributed by atoms with Gasteiger partial charge >= 0.3 is 31.0 Å². The third-order valence-electron chi connectivity index (χ3n) is 2.24. The normalized spacial score (nSPS) is 17.8. The predicted octanol–water partition coefficient (Wildman–Crippen LogP) is -2.67. The Kier molecular flexibility index (Phi) is 5.36. The molecule has 0 N–H and O–H groups in total. The molecule has 2 heterocycles. The number of pyridine rings is 1. The topological polar surface area (TPSA) is 59.5 Å². The minimum Gasteiger partial charge on any atom is -1.00 e. The van der Waals surface area contributed by atoms with Gasteiger partial charge in [-0.2, -0.15) is 4.31 Å². The Labute approximate surface area is 120 Å². The fraction of sp³-hybridized carbons (Fsp3) is 0.444. The second kappa shape index (κ2) is 6.09. The molecule has 84 valence electrons. The summed E-state index contributed by atoms with van der Waals surface area (Å²) in [5, 5.41) is 0. The first-order chi connectivity index (χ1) is 7.21. The number of aromatic nitrogens is 1. The van der Waals surface area contributed by atoms with Crippen molar-refractivity contribution in [3.8, 4) is 0 Å². The Bertz CT molecular complexity index is 427. The van der Waals surface area contributed by atoms with E-state index in [9.17, 15) is 8.42 Å². The number of sulfonamides is 1. The Morgan fingerprint density at radius 1 is 1.44 bits per heavy atom. The molecule has 0 aromatic carbocycles. The third kappa shape index (κ3) is 3.03. The molecule has 1 saturated heterocycles. The summed E-state index contributed by atoms with van der Waals surface area (Å²) >= 11 is 0. The third-order valence-corrected chi connectivity index (χ3v) is 4.12. The second-order valence-corrected chi connectivity index (χ2v) is 5.14. The minimum absolute atomic E-state index is 0. The fourth-order valence-electron chi connectivity index (χ4n) is 1.44. The van der Waals surface area contributed by atoms with Gasteiger partial charge in [0.15, 0.2) is 0 Å². The number of ether oxygens (including phenoxy) is 1. The van der Waals surface area contributed by atoms with E-state index >= 15 is 0 Å². The van der Waals surface area contributed by atoms with E-state index < -0.39 is 10.0 Å². The summed E-state index contributed by atoms with van der Waals surface area (Å²) < 4.78 is 30.6. The average Bonchev–Trinajstić information content (AvgIpc) is 2.31. The maximum absolute atomic E-state index is 12.0. The van der Waals surface area contributed by atoms with Crippen LogP contribution in [0.3, 0.4) is 0 Å². The van der Waals surface area contributed by atoms with E-state index in [-0.39, 0.29) is 37.3 Å². The van der Waals surface area contributed by atoms with Gasteiger partial charge in [0.05, 0.1) is 13.2 Å². The zero-order valence-electron chi connectivity index (χ0n) is 11.2. The molecule has 0 unspecified atom stereocenters. The first-order valence-electron chi connectivity index (χ1n) is 4.69. The van der Waals surface area contributed by atoms with E-state index in [4.69, 9.17) is 4.74 Å². The summed E-state index contributed by atoms with van der Waals surface area (Å²) in [7, 11) is -3.37. The second-order valence-electron chi connectivity index (χ2n) is 3.21. The molecular formula is C9H14N2NaO3S+. The molecular weight excluding hydrogens is 239 g/mol. The molecule has 0 bridgehead atoms. The number of hydrogen-bond acceptors (Lipinski definition) is 4. The van der Waals surface area contributed by atoms with Gasteiger partial charge in [0, 0.05) is 25.5 Å². The molecule has 0 aliphatic carbocycles. The van der Waals surface area contributed by atoms with E-state index in [1.165, 1.54) is 10.5 Å². The molecule has 0 spiro atoms. The van der Waals surface area contributed by atoms with E-state index in [1.54, 1.807) is 18.3 Å². The van der Waals surface area contributed by atoms with Crippen LogP contribution in [0.5, 0.6) is 0 Å². The van der Waals surface area contributed by atoms with Crippen molar-refractivity contribution in [2.24, 2.45) is 0 Å². The predicted molar refractivity (Wildman–Crippen MR) is 56.0 cm³/mol. The summed E-state index contributed by atoms with van der Waals surface area (Å²) in [5.41, 5.74) is 0. The van der Waals surface area contributed by atoms with Crippen molar-refractivity contribution in [3.63, 3.8) is 0 Å². The van der Waals surface area contributed by atoms with Crippen LogP contribution in [0.15, 0.2) is 29.4 Å². The number of hydrogen-bond donors (Lipinski definition) is 0. The number of morpholine rings is 1. The average molecular weight is 253 g/mol. The first kappa shape index (κ1) is 14.1. The molecule has 5 nitrogen and oxygen atoms in total. The van der Waals surface area contributed by atoms with Crippen molar-refractivity contribution >= 4 is 10.0 Å². The zero-order valence-corrected chi connectivity index (χ0v) is 12.0. The van der Waals surface area contributed by atoms with Crippen LogP contribution in [-0.4, -0.2) is 44.0 Å². The Balaban J connectivity index is 0. The van der Waals surface area contributed by atoms with Gasteiger partial charge in [-0.05, 0) is 12.1 Å². The van der Waals surface area contributed by atoms with Crippen molar-refractivity contribution in [1.29, 1.82) is 0 Å². The smallest absolute Gasteiger partial charge is 1.00 e. The van der Waals surface area contributed by atoms with Crippen molar-refractivity contribution in [3.05, 3.63) is 24.5 Å². The summed E-state index contributed by atoms with van der Waals surface area (Å²) in [6.07, 6.45) is 2.92. The van der Waals surface area contributed by atoms with Gasteiger partial charge in [-0.25, -0.2) is 8.42 Å². The summed E-state index contributed by atoms with van der Waals surface area (Å²) in [6.45, 7) is 1.74. The Morgan fingerprint density at radius 3 is 2.69 bits per heavy atom. The van der Waals surface area contributed by atoms with E-state index in [0.29, 0.717) is 26.3 Å². The van der Waals surface area contributed by atoms with Crippen LogP contribution in [0.1, 0.15) is 2.85 Å². The van der Waals surface area contributed by atoms with E-state index in [2.05, 4.69) is 4.98 Å². The monoisotopic (exact) mass is 253 g/mol. The summed E-state index contributed by atoms with van der Waals surface area (Å²) in [4.78, 5) is 4.05. The molecule has 2 rings (SSSR count). The standard InChI is InChI=1S/C9H12N2O3S.Na.H/c12-15(13,9-2-1-3-10-8-9)11-4-6-14-7-5-11;;/h1-3,8H,4-7H2;;/q;+1;-1/p+1. The van der Waals surface area contributed by atoms with Gasteiger partial charge in [-0.15, -0.1) is 0 Å². The van der Waals surface area contributed by atoms with Crippen molar-refractivity contribution in [1.82, 2.24) is 9.29 Å². The molecule has 16 heavy (non-hydrogen) atoms. The van der Waals surface area contributed by atoms with Gasteiger partial charge in [-0.3, -0.25) is 4.98 Å². The number of rotatable bonds is 2. The molecule has 0 radical (unpaired) electrons. The van der Waals surface area contributed by atoms with Crippen LogP contribution in [0.4, 0.5) is 0 Å². The van der Waals surface area contributed by atoms with Gasteiger partial charge in [0.1, 0.15) is 4.90 Å². The van der Waals surface area contributed by atoms with E-state index in [1.807, 2.05) is 0 Å². The molecule has 1 aliphatic rings. The largest absolute Gasteiger partial charge is 1.00 e. The molecule has 1 fully saturated rings. The fourth-order valence-corrected chi connectivity index (χ4v) is 2.81. The van der Waals surface area contributed by atoms with Crippen LogP contribution in [-0.2, 0) is 14.8 Å². The van der Waals surface area contributed by atoms with Crippen LogP contribution in [0.25, 0.3) is 0 Å². The van der Waals surface area contributed by atoms with Gasteiger partial charge in [0.25, 0.3) is 0 Å². The van der Waals surface area contributed by atoms with Gasteiger partial charge in [0.2, 0.25) is 10.0 Å². The molecule has 1 aliphatic heterocycles. The molecule has 0 atom stereocenters. The molecule has 1 aromatic rings. The molecule has 7 heteroatoms. The molecule has 0 saturated carbocycles. The van der Waals surface area contributed by atoms with Crippen LogP contribution in [0, 0.1) is 0 Å². The van der Waals surface area contributed by atoms with Gasteiger partial charge in [-0.1, -0.05) is 0 Å². The maximum atomic E-state index is 12.0. The van der Waals surface area contributed by atoms with Gasteiger partial charge < -0.3 is 6.16 Å². The first-order valence-corrected chi connectivity index (χ1v) is 6.13. The van der Waals surface area contributed by atoms with E-state index in [0.717, 1.165) is 0 Å². The molecule has 0 amide bonds. The Morgan fingerprint density at radius 2 is 2.12 bits per heavy atom. The quantitative estimate of drug-likeness (QED) is 0.539. The zero-order chi connectivity index (χ0) is 10.7. The number of nitrogens with zero attached hydrogens (tertiary/aromatic N) is 2. The van der Waals surface area contributed by atoms with Crippen molar-refractivity contribution in [2.75, 3.05) is 26.3 Å². The SMILES string of the molecule is O=S(=O)(c1cccnc1)N1CCOCC1.[H+].[H-].[Na+]. The summed E-state index contributed by atoms with van der Waals surface area (Å²) in [5.74, 6) is 0. The van der Waals surface area contributed by atoms with Crippen LogP contribution >= 0.6 is 0 Å². The maximum Gasteiger partial charge on any atom is 1.00 e. The van der Waals surface area contributed by atoms with Crippen LogP contribution in [0.2, 0.25) is 0 Å². The van der Waals surface area contributed by atoms with Crippen LogP contribution < -0.4 is 29.6 Å². The summed E-state index contributed by atoms with van der Waals surface area (Å²) in [6, 6.07) is 3.17. The minimum atomic E-state index is -3.37. The molecule has 1 aromatic heterocycles. The van der Waals surface area contributed by atoms with Crippen molar-refractivity contribution < 1.29 is 45.6 Å². The van der Waals surface area contributed by atoms with Crippen molar-refractivity contribution in [2.45, 2.75) is 4.90 Å². The Hall–Kier alpha value is 0.0200.